The molecule has 1 heterocycles. The first kappa shape index (κ1) is 19.4. The molecule has 0 saturated heterocycles. The highest BCUT2D eigenvalue weighted by Crippen LogP contribution is 2.10. The number of nitrogens with one attached hydrogen (secondary N) is 3. The van der Waals surface area contributed by atoms with E-state index in [0.717, 1.165) is 15.4 Å². The molecule has 0 bridgehead atoms. The van der Waals surface area contributed by atoms with E-state index in [1.54, 1.807) is 42.6 Å². The molecule has 7 nitrogen and oxygen atoms in total. The monoisotopic (exact) mass is 381 g/mol. The Balaban J connectivity index is 1.76. The van der Waals surface area contributed by atoms with Crippen LogP contribution in [0, 0.1) is 13.8 Å². The van der Waals surface area contributed by atoms with Crippen LogP contribution in [0.25, 0.3) is 0 Å². The fourth-order valence-corrected chi connectivity index (χ4v) is 3.79. The van der Waals surface area contributed by atoms with Crippen molar-refractivity contribution in [1.82, 2.24) is 20.3 Å². The number of thiazole rings is 1. The first-order chi connectivity index (χ1) is 11.9. The summed E-state index contributed by atoms with van der Waals surface area (Å²) in [5.41, 5.74) is 1.02. The standard InChI is InChI=1S/C16H23N5O2S2/c1-12-4-6-14(7-5-12)25(22,23)21-9-8-18-16(17-3)20-11-15-19-10-13(2)24-15/h4-7,10,21H,8-9,11H2,1-3H3,(H2,17,18,20). The van der Waals surface area contributed by atoms with E-state index in [0.29, 0.717) is 19.0 Å². The molecule has 0 saturated carbocycles. The maximum Gasteiger partial charge on any atom is 0.240 e. The summed E-state index contributed by atoms with van der Waals surface area (Å²) in [6.07, 6.45) is 1.83. The van der Waals surface area contributed by atoms with Crippen LogP contribution in [0.15, 0.2) is 40.4 Å². The zero-order valence-corrected chi connectivity index (χ0v) is 16.2. The Bertz CT molecular complexity index is 813. The van der Waals surface area contributed by atoms with Gasteiger partial charge in [-0.3, -0.25) is 4.99 Å². The Morgan fingerprint density at radius 2 is 1.88 bits per heavy atom. The lowest BCUT2D eigenvalue weighted by Gasteiger charge is -2.12. The largest absolute Gasteiger partial charge is 0.355 e. The number of aliphatic imine (C=N–C) groups is 1. The van der Waals surface area contributed by atoms with E-state index in [1.807, 2.05) is 20.0 Å². The molecule has 2 aromatic rings. The number of aromatic nitrogens is 1. The zero-order valence-electron chi connectivity index (χ0n) is 14.5. The summed E-state index contributed by atoms with van der Waals surface area (Å²) in [5.74, 6) is 0.599. The smallest absolute Gasteiger partial charge is 0.240 e. The Kier molecular flexibility index (Phi) is 6.91. The summed E-state index contributed by atoms with van der Waals surface area (Å²) < 4.78 is 26.9. The maximum atomic E-state index is 12.2. The van der Waals surface area contributed by atoms with Gasteiger partial charge in [0.2, 0.25) is 10.0 Å². The van der Waals surface area contributed by atoms with Crippen LogP contribution in [-0.4, -0.2) is 39.5 Å². The van der Waals surface area contributed by atoms with Gasteiger partial charge in [0.25, 0.3) is 0 Å². The average Bonchev–Trinajstić information content (AvgIpc) is 3.00. The van der Waals surface area contributed by atoms with E-state index in [4.69, 9.17) is 0 Å². The van der Waals surface area contributed by atoms with Crippen molar-refractivity contribution >= 4 is 27.3 Å². The zero-order chi connectivity index (χ0) is 18.3. The predicted octanol–water partition coefficient (Wildman–Crippen LogP) is 1.40. The minimum atomic E-state index is -3.49. The van der Waals surface area contributed by atoms with Gasteiger partial charge in [0, 0.05) is 31.2 Å². The van der Waals surface area contributed by atoms with Gasteiger partial charge in [0.15, 0.2) is 5.96 Å². The van der Waals surface area contributed by atoms with E-state index >= 15 is 0 Å². The minimum Gasteiger partial charge on any atom is -0.355 e. The van der Waals surface area contributed by atoms with Crippen LogP contribution >= 0.6 is 11.3 Å². The van der Waals surface area contributed by atoms with E-state index in [9.17, 15) is 8.42 Å². The molecule has 0 unspecified atom stereocenters. The molecule has 25 heavy (non-hydrogen) atoms. The van der Waals surface area contributed by atoms with E-state index in [-0.39, 0.29) is 11.4 Å². The summed E-state index contributed by atoms with van der Waals surface area (Å²) in [4.78, 5) is 9.80. The molecule has 0 aliphatic carbocycles. The molecule has 0 fully saturated rings. The van der Waals surface area contributed by atoms with Gasteiger partial charge in [-0.2, -0.15) is 0 Å². The molecular weight excluding hydrogens is 358 g/mol. The van der Waals surface area contributed by atoms with Crippen LogP contribution in [0.3, 0.4) is 0 Å². The quantitative estimate of drug-likeness (QED) is 0.383. The van der Waals surface area contributed by atoms with Crippen LogP contribution < -0.4 is 15.4 Å². The Labute approximate surface area is 152 Å². The van der Waals surface area contributed by atoms with Gasteiger partial charge in [0.05, 0.1) is 11.4 Å². The number of benzene rings is 1. The van der Waals surface area contributed by atoms with E-state index in [2.05, 4.69) is 25.3 Å². The number of aryl methyl sites for hydroxylation is 2. The van der Waals surface area contributed by atoms with Crippen molar-refractivity contribution in [3.63, 3.8) is 0 Å². The molecule has 136 valence electrons. The van der Waals surface area contributed by atoms with Gasteiger partial charge < -0.3 is 10.6 Å². The van der Waals surface area contributed by atoms with Crippen molar-refractivity contribution in [1.29, 1.82) is 0 Å². The van der Waals surface area contributed by atoms with Crippen LogP contribution in [0.1, 0.15) is 15.4 Å². The van der Waals surface area contributed by atoms with Gasteiger partial charge >= 0.3 is 0 Å². The summed E-state index contributed by atoms with van der Waals surface area (Å²) in [6, 6.07) is 6.75. The topological polar surface area (TPSA) is 95.5 Å². The number of hydrogen-bond acceptors (Lipinski definition) is 5. The van der Waals surface area contributed by atoms with Gasteiger partial charge in [-0.25, -0.2) is 18.1 Å². The molecule has 0 amide bonds. The summed E-state index contributed by atoms with van der Waals surface area (Å²) in [5, 5.41) is 7.19. The molecule has 1 aromatic heterocycles. The first-order valence-corrected chi connectivity index (χ1v) is 10.1. The van der Waals surface area contributed by atoms with Crippen molar-refractivity contribution < 1.29 is 8.42 Å². The fraction of sp³-hybridized carbons (Fsp3) is 0.375. The molecule has 3 N–H and O–H groups in total. The molecule has 9 heteroatoms. The number of hydrogen-bond donors (Lipinski definition) is 3. The molecule has 2 rings (SSSR count). The Morgan fingerprint density at radius 1 is 1.16 bits per heavy atom. The Hall–Kier alpha value is -1.97. The van der Waals surface area contributed by atoms with Crippen LogP contribution in [0.4, 0.5) is 0 Å². The summed E-state index contributed by atoms with van der Waals surface area (Å²) >= 11 is 1.62. The highest BCUT2D eigenvalue weighted by molar-refractivity contribution is 7.89. The lowest BCUT2D eigenvalue weighted by atomic mass is 10.2. The maximum absolute atomic E-state index is 12.2. The number of rotatable bonds is 7. The van der Waals surface area contributed by atoms with Crippen molar-refractivity contribution in [2.75, 3.05) is 20.1 Å². The second-order valence-electron chi connectivity index (χ2n) is 5.43. The number of guanidine groups is 1. The van der Waals surface area contributed by atoms with Crippen molar-refractivity contribution in [2.45, 2.75) is 25.3 Å². The van der Waals surface area contributed by atoms with Crippen LogP contribution in [0.5, 0.6) is 0 Å². The lowest BCUT2D eigenvalue weighted by molar-refractivity contribution is 0.580. The first-order valence-electron chi connectivity index (χ1n) is 7.83. The molecule has 0 atom stereocenters. The SMILES string of the molecule is CN=C(NCCNS(=O)(=O)c1ccc(C)cc1)NCc1ncc(C)s1. The lowest BCUT2D eigenvalue weighted by Crippen LogP contribution is -2.41. The van der Waals surface area contributed by atoms with Crippen molar-refractivity contribution in [3.05, 3.63) is 45.9 Å². The van der Waals surface area contributed by atoms with Crippen LogP contribution in [-0.2, 0) is 16.6 Å². The molecule has 1 aromatic carbocycles. The van der Waals surface area contributed by atoms with Crippen molar-refractivity contribution in [2.24, 2.45) is 4.99 Å². The molecule has 0 aliphatic heterocycles. The van der Waals surface area contributed by atoms with Crippen molar-refractivity contribution in [3.8, 4) is 0 Å². The third kappa shape index (κ3) is 6.11. The molecule has 0 spiro atoms. The third-order valence-electron chi connectivity index (χ3n) is 3.34. The second-order valence-corrected chi connectivity index (χ2v) is 8.51. The van der Waals surface area contributed by atoms with Gasteiger partial charge in [-0.15, -0.1) is 11.3 Å². The van der Waals surface area contributed by atoms with Gasteiger partial charge in [-0.1, -0.05) is 17.7 Å². The highest BCUT2D eigenvalue weighted by atomic mass is 32.2. The third-order valence-corrected chi connectivity index (χ3v) is 5.73. The van der Waals surface area contributed by atoms with E-state index in [1.165, 1.54) is 0 Å². The second kappa shape index (κ2) is 8.93. The predicted molar refractivity (Wildman–Crippen MR) is 101 cm³/mol. The summed E-state index contributed by atoms with van der Waals surface area (Å²) in [7, 11) is -1.83. The molecule has 0 aliphatic rings. The minimum absolute atomic E-state index is 0.257. The Morgan fingerprint density at radius 3 is 2.48 bits per heavy atom. The van der Waals surface area contributed by atoms with E-state index < -0.39 is 10.0 Å². The summed E-state index contributed by atoms with van der Waals surface area (Å²) in [6.45, 7) is 5.18. The number of sulfonamides is 1. The van der Waals surface area contributed by atoms with Crippen LogP contribution in [0.2, 0.25) is 0 Å². The van der Waals surface area contributed by atoms with Gasteiger partial charge in [0.1, 0.15) is 5.01 Å². The normalized spacial score (nSPS) is 12.2. The fourth-order valence-electron chi connectivity index (χ4n) is 2.03. The number of nitrogens with zero attached hydrogens (tertiary/aromatic N) is 2. The molecular formula is C16H23N5O2S2. The molecule has 0 radical (unpaired) electrons. The average molecular weight is 382 g/mol. The van der Waals surface area contributed by atoms with Gasteiger partial charge in [-0.05, 0) is 26.0 Å². The highest BCUT2D eigenvalue weighted by Gasteiger charge is 2.12.